The lowest BCUT2D eigenvalue weighted by Crippen LogP contribution is -2.32. The number of benzene rings is 1. The van der Waals surface area contributed by atoms with Crippen LogP contribution in [0.4, 0.5) is 10.1 Å². The van der Waals surface area contributed by atoms with Gasteiger partial charge in [0.1, 0.15) is 5.82 Å². The van der Waals surface area contributed by atoms with Crippen molar-refractivity contribution in [3.63, 3.8) is 0 Å². The summed E-state index contributed by atoms with van der Waals surface area (Å²) in [4.78, 5) is 22.5. The highest BCUT2D eigenvalue weighted by atomic mass is 19.1. The number of aromatic carboxylic acids is 1. The van der Waals surface area contributed by atoms with Crippen molar-refractivity contribution < 1.29 is 19.1 Å². The Kier molecular flexibility index (Phi) is 4.68. The van der Waals surface area contributed by atoms with Crippen molar-refractivity contribution in [1.29, 1.82) is 0 Å². The van der Waals surface area contributed by atoms with Gasteiger partial charge in [-0.2, -0.15) is 0 Å². The number of nitrogens with one attached hydrogen (secondary N) is 2. The number of rotatable bonds is 4. The molecule has 0 spiro atoms. The number of anilines is 1. The van der Waals surface area contributed by atoms with E-state index in [1.54, 1.807) is 0 Å². The van der Waals surface area contributed by atoms with Gasteiger partial charge in [0.25, 0.3) is 0 Å². The summed E-state index contributed by atoms with van der Waals surface area (Å²) in [6.07, 6.45) is 2.37. The fourth-order valence-corrected chi connectivity index (χ4v) is 2.31. The molecule has 1 saturated heterocycles. The van der Waals surface area contributed by atoms with E-state index < -0.39 is 11.8 Å². The molecule has 0 radical (unpaired) electrons. The average molecular weight is 280 g/mol. The molecule has 2 rings (SSSR count). The quantitative estimate of drug-likeness (QED) is 0.786. The molecule has 5 nitrogen and oxygen atoms in total. The Morgan fingerprint density at radius 3 is 2.85 bits per heavy atom. The first-order valence-corrected chi connectivity index (χ1v) is 6.59. The molecule has 1 amide bonds. The normalized spacial score (nSPS) is 18.6. The van der Waals surface area contributed by atoms with Gasteiger partial charge in [-0.25, -0.2) is 9.18 Å². The van der Waals surface area contributed by atoms with Gasteiger partial charge in [-0.1, -0.05) is 0 Å². The molecule has 1 heterocycles. The van der Waals surface area contributed by atoms with Crippen LogP contribution in [0.5, 0.6) is 0 Å². The molecule has 108 valence electrons. The molecule has 1 unspecified atom stereocenters. The lowest BCUT2D eigenvalue weighted by molar-refractivity contribution is -0.117. The molecule has 0 saturated carbocycles. The fraction of sp³-hybridized carbons (Fsp3) is 0.429. The van der Waals surface area contributed by atoms with Crippen LogP contribution in [0.2, 0.25) is 0 Å². The molecule has 6 heteroatoms. The van der Waals surface area contributed by atoms with Crippen molar-refractivity contribution in [2.75, 3.05) is 18.4 Å². The second-order valence-electron chi connectivity index (χ2n) is 4.96. The minimum Gasteiger partial charge on any atom is -0.478 e. The largest absolute Gasteiger partial charge is 0.478 e. The van der Waals surface area contributed by atoms with E-state index >= 15 is 0 Å². The van der Waals surface area contributed by atoms with E-state index in [9.17, 15) is 14.0 Å². The van der Waals surface area contributed by atoms with Gasteiger partial charge in [-0.15, -0.1) is 0 Å². The van der Waals surface area contributed by atoms with E-state index in [2.05, 4.69) is 10.6 Å². The summed E-state index contributed by atoms with van der Waals surface area (Å²) >= 11 is 0. The van der Waals surface area contributed by atoms with Gasteiger partial charge < -0.3 is 15.7 Å². The fourth-order valence-electron chi connectivity index (χ4n) is 2.31. The third kappa shape index (κ3) is 3.77. The second-order valence-corrected chi connectivity index (χ2v) is 4.96. The first-order chi connectivity index (χ1) is 9.56. The summed E-state index contributed by atoms with van der Waals surface area (Å²) in [5, 5.41) is 14.4. The van der Waals surface area contributed by atoms with Crippen molar-refractivity contribution in [3.8, 4) is 0 Å². The van der Waals surface area contributed by atoms with Gasteiger partial charge in [-0.05, 0) is 50.0 Å². The Morgan fingerprint density at radius 1 is 1.45 bits per heavy atom. The van der Waals surface area contributed by atoms with Gasteiger partial charge >= 0.3 is 5.97 Å². The maximum Gasteiger partial charge on any atom is 0.335 e. The minimum atomic E-state index is -1.20. The molecule has 0 aliphatic carbocycles. The summed E-state index contributed by atoms with van der Waals surface area (Å²) in [5.41, 5.74) is -0.124. The lowest BCUT2D eigenvalue weighted by atomic mass is 9.96. The number of piperidine rings is 1. The van der Waals surface area contributed by atoms with Crippen LogP contribution in [0, 0.1) is 11.7 Å². The molecular weight excluding hydrogens is 263 g/mol. The van der Waals surface area contributed by atoms with Crippen molar-refractivity contribution in [3.05, 3.63) is 29.6 Å². The molecule has 1 aromatic carbocycles. The first-order valence-electron chi connectivity index (χ1n) is 6.59. The van der Waals surface area contributed by atoms with Crippen LogP contribution >= 0.6 is 0 Å². The van der Waals surface area contributed by atoms with Gasteiger partial charge in [0.15, 0.2) is 0 Å². The number of carboxylic acid groups (broad SMARTS) is 1. The zero-order chi connectivity index (χ0) is 14.5. The lowest BCUT2D eigenvalue weighted by Gasteiger charge is -2.22. The topological polar surface area (TPSA) is 78.4 Å². The number of amides is 1. The van der Waals surface area contributed by atoms with Crippen molar-refractivity contribution in [2.45, 2.75) is 19.3 Å². The van der Waals surface area contributed by atoms with Crippen molar-refractivity contribution >= 4 is 17.6 Å². The van der Waals surface area contributed by atoms with Gasteiger partial charge in [0.05, 0.1) is 11.3 Å². The zero-order valence-corrected chi connectivity index (χ0v) is 11.0. The molecule has 1 atom stereocenters. The van der Waals surface area contributed by atoms with Crippen LogP contribution in [-0.4, -0.2) is 30.1 Å². The molecule has 1 fully saturated rings. The van der Waals surface area contributed by atoms with E-state index in [0.717, 1.165) is 32.0 Å². The zero-order valence-electron chi connectivity index (χ0n) is 11.0. The SMILES string of the molecule is O=C(CC1CCCNC1)Nc1ccc(C(=O)O)cc1F. The van der Waals surface area contributed by atoms with Crippen LogP contribution in [0.15, 0.2) is 18.2 Å². The third-order valence-electron chi connectivity index (χ3n) is 3.36. The maximum absolute atomic E-state index is 13.7. The Morgan fingerprint density at radius 2 is 2.25 bits per heavy atom. The predicted molar refractivity (Wildman–Crippen MR) is 72.2 cm³/mol. The highest BCUT2D eigenvalue weighted by molar-refractivity contribution is 5.92. The minimum absolute atomic E-state index is 0.0174. The molecular formula is C14H17FN2O3. The summed E-state index contributed by atoms with van der Waals surface area (Å²) in [6, 6.07) is 3.44. The number of hydrogen-bond donors (Lipinski definition) is 3. The van der Waals surface area contributed by atoms with Gasteiger partial charge in [0, 0.05) is 6.42 Å². The molecule has 0 aromatic heterocycles. The summed E-state index contributed by atoms with van der Waals surface area (Å²) in [5.74, 6) is -1.92. The number of carbonyl (C=O) groups is 2. The number of carboxylic acids is 1. The molecule has 20 heavy (non-hydrogen) atoms. The molecule has 1 aliphatic heterocycles. The first kappa shape index (κ1) is 14.5. The van der Waals surface area contributed by atoms with Crippen LogP contribution in [0.1, 0.15) is 29.6 Å². The Balaban J connectivity index is 1.95. The third-order valence-corrected chi connectivity index (χ3v) is 3.36. The highest BCUT2D eigenvalue weighted by Crippen LogP contribution is 2.18. The smallest absolute Gasteiger partial charge is 0.335 e. The summed E-state index contributed by atoms with van der Waals surface area (Å²) in [6.45, 7) is 1.78. The molecule has 1 aromatic rings. The van der Waals surface area contributed by atoms with E-state index in [4.69, 9.17) is 5.11 Å². The average Bonchev–Trinajstić information content (AvgIpc) is 2.42. The van der Waals surface area contributed by atoms with Crippen molar-refractivity contribution in [2.24, 2.45) is 5.92 Å². The van der Waals surface area contributed by atoms with Crippen molar-refractivity contribution in [1.82, 2.24) is 5.32 Å². The van der Waals surface area contributed by atoms with Crippen LogP contribution in [0.25, 0.3) is 0 Å². The Labute approximate surface area is 116 Å². The Hall–Kier alpha value is -1.95. The summed E-state index contributed by atoms with van der Waals surface area (Å²) in [7, 11) is 0. The van der Waals surface area contributed by atoms with E-state index in [0.29, 0.717) is 6.42 Å². The van der Waals surface area contributed by atoms with E-state index in [1.807, 2.05) is 0 Å². The predicted octanol–water partition coefficient (Wildman–Crippen LogP) is 1.85. The number of carbonyl (C=O) groups excluding carboxylic acids is 1. The maximum atomic E-state index is 13.7. The van der Waals surface area contributed by atoms with Gasteiger partial charge in [0.2, 0.25) is 5.91 Å². The standard InChI is InChI=1S/C14H17FN2O3/c15-11-7-10(14(19)20)3-4-12(11)17-13(18)6-9-2-1-5-16-8-9/h3-4,7,9,16H,1-2,5-6,8H2,(H,17,18)(H,19,20). The van der Waals surface area contributed by atoms with Crippen LogP contribution < -0.4 is 10.6 Å². The van der Waals surface area contributed by atoms with Crippen LogP contribution in [-0.2, 0) is 4.79 Å². The number of hydrogen-bond acceptors (Lipinski definition) is 3. The Bertz CT molecular complexity index is 513. The highest BCUT2D eigenvalue weighted by Gasteiger charge is 2.18. The van der Waals surface area contributed by atoms with E-state index in [-0.39, 0.29) is 23.1 Å². The summed E-state index contributed by atoms with van der Waals surface area (Å²) < 4.78 is 13.7. The van der Waals surface area contributed by atoms with E-state index in [1.165, 1.54) is 12.1 Å². The monoisotopic (exact) mass is 280 g/mol. The molecule has 3 N–H and O–H groups in total. The number of halogens is 1. The molecule has 1 aliphatic rings. The molecule has 0 bridgehead atoms. The van der Waals surface area contributed by atoms with Crippen LogP contribution in [0.3, 0.4) is 0 Å². The van der Waals surface area contributed by atoms with Gasteiger partial charge in [-0.3, -0.25) is 4.79 Å². The second kappa shape index (κ2) is 6.47.